The first-order valence-electron chi connectivity index (χ1n) is 37.8. The van der Waals surface area contributed by atoms with Crippen molar-refractivity contribution in [3.8, 4) is 0 Å². The van der Waals surface area contributed by atoms with E-state index in [0.717, 1.165) is 93.4 Å². The highest BCUT2D eigenvalue weighted by Crippen LogP contribution is 2.37. The Labute approximate surface area is 679 Å². The minimum atomic E-state index is -0.883. The number of amides is 2. The van der Waals surface area contributed by atoms with Gasteiger partial charge in [-0.05, 0) is 129 Å². The fourth-order valence-electron chi connectivity index (χ4n) is 13.8. The molecule has 0 aliphatic carbocycles. The van der Waals surface area contributed by atoms with E-state index in [9.17, 15) is 55.1 Å². The second-order valence-electron chi connectivity index (χ2n) is 30.4. The molecule has 16 rings (SSSR count). The van der Waals surface area contributed by atoms with Crippen molar-refractivity contribution in [3.63, 3.8) is 0 Å². The number of anilines is 9. The number of ether oxygens (including phenoxy) is 3. The van der Waals surface area contributed by atoms with Crippen molar-refractivity contribution < 1.29 is 79.3 Å². The number of halogens is 7. The highest BCUT2D eigenvalue weighted by atomic mass is 35.5. The van der Waals surface area contributed by atoms with Crippen LogP contribution in [0.2, 0.25) is 5.02 Å². The number of hydrogen-bond donors (Lipinski definition) is 7. The lowest BCUT2D eigenvalue weighted by Gasteiger charge is -2.39. The molecule has 0 bridgehead atoms. The Bertz CT molecular complexity index is 5530. The summed E-state index contributed by atoms with van der Waals surface area (Å²) in [5, 5.41) is 33.9. The second kappa shape index (κ2) is 36.8. The molecule has 5 aliphatic heterocycles. The van der Waals surface area contributed by atoms with Crippen molar-refractivity contribution in [1.29, 1.82) is 0 Å². The largest absolute Gasteiger partial charge is 0.481 e. The van der Waals surface area contributed by atoms with Crippen molar-refractivity contribution in [3.05, 3.63) is 149 Å². The lowest BCUT2D eigenvalue weighted by molar-refractivity contribution is -0.161. The molecule has 0 radical (unpaired) electrons. The number of carboxylic acid groups (broad SMARTS) is 1. The summed E-state index contributed by atoms with van der Waals surface area (Å²) in [6.07, 6.45) is 20.3. The average molecular weight is 1680 g/mol. The number of piperidine rings is 4. The number of hydrogen-bond acceptors (Lipinski definition) is 29. The first kappa shape index (κ1) is 85.5. The summed E-state index contributed by atoms with van der Waals surface area (Å²) < 4.78 is 102. The third-order valence-electron chi connectivity index (χ3n) is 19.5. The van der Waals surface area contributed by atoms with Gasteiger partial charge in [-0.25, -0.2) is 59.6 Å². The summed E-state index contributed by atoms with van der Waals surface area (Å²) in [7, 11) is 0. The smallest absolute Gasteiger partial charge is 0.373 e. The number of fused-ring (bicyclic) bond motifs is 4. The van der Waals surface area contributed by atoms with Crippen LogP contribution in [0.1, 0.15) is 130 Å². The SMILES string of the molecule is C1CCN(C2COC2)CC1.CC(C)(C)OC(=O)C1CCN(c2c(F)cncc2NC(=O)c2c(N)nn3cc(F)cnc23)CC1.CC(C)(C)OC(=O)C1CCN(c2c(N)cncc2F)CC1.Nc1nn2cc(F)cnc2c1C(=O)Nc1cncc(F)c1N1CCC(C(=O)O)CC1.Nc1nn2cc(F)cnc2c1C(=O)On1nnc2ccc(Cl)cc21. The number of benzene rings is 1. The molecule has 11 aromatic rings. The normalized spacial score (nSPS) is 15.8. The molecule has 119 heavy (non-hydrogen) atoms. The molecule has 0 atom stereocenters. The van der Waals surface area contributed by atoms with Gasteiger partial charge in [-0.1, -0.05) is 22.9 Å². The molecule has 630 valence electrons. The predicted octanol–water partition coefficient (Wildman–Crippen LogP) is 8.68. The third kappa shape index (κ3) is 20.8. The number of esters is 2. The molecule has 5 aliphatic rings. The van der Waals surface area contributed by atoms with Crippen LogP contribution >= 0.6 is 11.6 Å². The number of carbonyl (C=O) groups is 6. The number of nitrogens with two attached hydrogens (primary N) is 4. The van der Waals surface area contributed by atoms with Gasteiger partial charge in [0.2, 0.25) is 0 Å². The van der Waals surface area contributed by atoms with Gasteiger partial charge in [0, 0.05) is 44.3 Å². The zero-order valence-electron chi connectivity index (χ0n) is 65.4. The van der Waals surface area contributed by atoms with E-state index in [2.05, 4.69) is 71.0 Å². The van der Waals surface area contributed by atoms with Crippen LogP contribution in [-0.2, 0) is 28.6 Å². The van der Waals surface area contributed by atoms with Crippen LogP contribution < -0.4 is 53.1 Å². The summed E-state index contributed by atoms with van der Waals surface area (Å²) in [5.74, 6) is -8.62. The van der Waals surface area contributed by atoms with Crippen LogP contribution in [0.25, 0.3) is 28.0 Å². The second-order valence-corrected chi connectivity index (χ2v) is 30.8. The van der Waals surface area contributed by atoms with Gasteiger partial charge in [-0.3, -0.25) is 43.8 Å². The van der Waals surface area contributed by atoms with E-state index < -0.39 is 75.8 Å². The maximum Gasteiger partial charge on any atom is 0.373 e. The van der Waals surface area contributed by atoms with Crippen LogP contribution in [0, 0.1) is 52.7 Å². The minimum absolute atomic E-state index is 0.0413. The zero-order valence-corrected chi connectivity index (χ0v) is 66.1. The summed E-state index contributed by atoms with van der Waals surface area (Å²) in [4.78, 5) is 111. The lowest BCUT2D eigenvalue weighted by atomic mass is 9.96. The molecule has 2 amide bonds. The van der Waals surface area contributed by atoms with Gasteiger partial charge in [0.05, 0.1) is 134 Å². The Kier molecular flexibility index (Phi) is 26.4. The standard InChI is InChI=1S/C22H25F2N7O3.C18H17F2N7O3.C15H22FN3O2.C13H7ClFN7O2.C8H15NO/c1-22(2,3)34-21(33)12-4-6-30(7-5-12)17-14(24)9-26-10-15(17)28-20(32)16-18(25)29-31-11-13(23)8-27-19(16)31;19-10-5-23-16-13(15(21)25-27(16)8-10)17(28)24-12-7-22-6-11(20)14(12)26-3-1-9(2-4-26)18(29)30;1-15(2,3)21-14(20)10-4-6-19(7-5-10)13-11(16)8-18-9-12(13)17;14-6-1-2-8-9(3-6)22(20-18-8)24-13(23)10-11(16)19-21-5-7(15)4-17-12(10)21;1-2-4-9(5-3-1)8-6-10-7-8/h8-12H,4-7H2,1-3H3,(H2,25,29)(H,28,32);5-9H,1-4H2,(H2,21,25)(H,24,28)(H,29,30);8-10H,4-7,17H2,1-3H3;1-5H,(H2,16,19);8H,1-7H2. The van der Waals surface area contributed by atoms with Crippen molar-refractivity contribution in [2.75, 3.05) is 114 Å². The maximum atomic E-state index is 14.8. The number of nitrogens with zero attached hydrogens (tertiary/aromatic N) is 19. The Morgan fingerprint density at radius 3 is 1.34 bits per heavy atom. The fraction of sp³-hybridized carbons (Fsp3) is 0.408. The molecular formula is C76H86ClF6N25O11. The summed E-state index contributed by atoms with van der Waals surface area (Å²) in [6, 6.07) is 5.58. The molecule has 0 spiro atoms. The number of nitrogen functional groups attached to an aromatic ring is 4. The number of carboxylic acids is 1. The van der Waals surface area contributed by atoms with E-state index in [1.54, 1.807) is 21.9 Å². The molecule has 43 heteroatoms. The van der Waals surface area contributed by atoms with Gasteiger partial charge in [0.15, 0.2) is 74.9 Å². The highest BCUT2D eigenvalue weighted by Gasteiger charge is 2.36. The molecule has 0 saturated carbocycles. The number of aliphatic carboxylic acids is 1. The average Bonchev–Trinajstić information content (AvgIpc) is 1.68. The minimum Gasteiger partial charge on any atom is -0.481 e. The van der Waals surface area contributed by atoms with E-state index in [1.165, 1.54) is 57.0 Å². The molecule has 5 saturated heterocycles. The molecule has 0 unspecified atom stereocenters. The van der Waals surface area contributed by atoms with E-state index in [1.807, 2.05) is 46.4 Å². The van der Waals surface area contributed by atoms with Crippen LogP contribution in [0.4, 0.5) is 77.9 Å². The van der Waals surface area contributed by atoms with E-state index in [-0.39, 0.29) is 97.6 Å². The van der Waals surface area contributed by atoms with Crippen molar-refractivity contribution in [1.82, 2.24) is 78.8 Å². The number of nitrogens with one attached hydrogen (secondary N) is 2. The number of aromatic nitrogens is 15. The zero-order chi connectivity index (χ0) is 85.3. The number of carbonyl (C=O) groups excluding carboxylic acids is 5. The Morgan fingerprint density at radius 2 is 0.924 bits per heavy atom. The van der Waals surface area contributed by atoms with E-state index in [4.69, 9.17) is 58.7 Å². The first-order chi connectivity index (χ1) is 56.6. The van der Waals surface area contributed by atoms with Gasteiger partial charge >= 0.3 is 23.9 Å². The van der Waals surface area contributed by atoms with E-state index >= 15 is 0 Å². The van der Waals surface area contributed by atoms with Crippen LogP contribution in [0.15, 0.2) is 92.6 Å². The highest BCUT2D eigenvalue weighted by molar-refractivity contribution is 6.31. The van der Waals surface area contributed by atoms with Gasteiger partial charge in [-0.15, -0.1) is 20.4 Å². The van der Waals surface area contributed by atoms with Crippen molar-refractivity contribution >= 4 is 127 Å². The van der Waals surface area contributed by atoms with Crippen LogP contribution in [-0.4, -0.2) is 202 Å². The topological polar surface area (TPSA) is 461 Å². The third-order valence-corrected chi connectivity index (χ3v) is 19.8. The molecule has 5 fully saturated rings. The predicted molar refractivity (Wildman–Crippen MR) is 423 cm³/mol. The van der Waals surface area contributed by atoms with Gasteiger partial charge in [0.1, 0.15) is 44.7 Å². The maximum absolute atomic E-state index is 14.8. The molecule has 1 aromatic carbocycles. The fourth-order valence-corrected chi connectivity index (χ4v) is 14.0. The summed E-state index contributed by atoms with van der Waals surface area (Å²) in [5.41, 5.74) is 24.1. The molecular weight excluding hydrogens is 1590 g/mol. The van der Waals surface area contributed by atoms with Gasteiger partial charge in [0.25, 0.3) is 11.8 Å². The van der Waals surface area contributed by atoms with E-state index in [0.29, 0.717) is 105 Å². The molecule has 10 aromatic heterocycles. The Morgan fingerprint density at radius 1 is 0.521 bits per heavy atom. The summed E-state index contributed by atoms with van der Waals surface area (Å²) >= 11 is 5.91. The Hall–Kier alpha value is -12.9. The first-order valence-corrected chi connectivity index (χ1v) is 38.2. The summed E-state index contributed by atoms with van der Waals surface area (Å²) in [6.45, 7) is 18.1. The van der Waals surface area contributed by atoms with Gasteiger partial charge < -0.3 is 72.4 Å². The lowest BCUT2D eigenvalue weighted by Crippen LogP contribution is -2.50. The monoisotopic (exact) mass is 1670 g/mol. The Balaban J connectivity index is 0.000000142. The van der Waals surface area contributed by atoms with Crippen LogP contribution in [0.3, 0.4) is 0 Å². The molecule has 36 nitrogen and oxygen atoms in total. The number of rotatable bonds is 13. The number of likely N-dealkylation sites (tertiary alicyclic amines) is 1. The van der Waals surface area contributed by atoms with Crippen LogP contribution in [0.5, 0.6) is 0 Å². The quantitative estimate of drug-likeness (QED) is 0.0322. The van der Waals surface area contributed by atoms with Gasteiger partial charge in [-0.2, -0.15) is 0 Å². The van der Waals surface area contributed by atoms with Crippen molar-refractivity contribution in [2.45, 2.75) is 117 Å². The molecule has 15 heterocycles. The molecule has 11 N–H and O–H groups in total. The van der Waals surface area contributed by atoms with Crippen molar-refractivity contribution in [2.24, 2.45) is 17.8 Å². The number of pyridine rings is 3.